The van der Waals surface area contributed by atoms with E-state index in [1.165, 1.54) is 4.90 Å². The highest BCUT2D eigenvalue weighted by Crippen LogP contribution is 2.63. The molecule has 136 valence electrons. The van der Waals surface area contributed by atoms with E-state index in [2.05, 4.69) is 5.32 Å². The zero-order valence-electron chi connectivity index (χ0n) is 14.7. The molecule has 5 atom stereocenters. The van der Waals surface area contributed by atoms with E-state index in [0.29, 0.717) is 23.6 Å². The van der Waals surface area contributed by atoms with Crippen molar-refractivity contribution in [3.63, 3.8) is 0 Å². The van der Waals surface area contributed by atoms with Gasteiger partial charge in [0.25, 0.3) is 11.8 Å². The maximum Gasteiger partial charge on any atom is 0.407 e. The van der Waals surface area contributed by atoms with Crippen molar-refractivity contribution in [2.24, 2.45) is 17.8 Å². The summed E-state index contributed by atoms with van der Waals surface area (Å²) in [5.74, 6) is 0.572. The first-order valence-corrected chi connectivity index (χ1v) is 9.47. The molecule has 1 aromatic rings. The minimum Gasteiger partial charge on any atom is -0.443 e. The summed E-state index contributed by atoms with van der Waals surface area (Å²) in [4.78, 5) is 39.3. The van der Waals surface area contributed by atoms with E-state index in [4.69, 9.17) is 4.74 Å². The Hall–Kier alpha value is -2.37. The number of imide groups is 1. The van der Waals surface area contributed by atoms with Crippen molar-refractivity contribution in [3.8, 4) is 0 Å². The van der Waals surface area contributed by atoms with Gasteiger partial charge in [-0.2, -0.15) is 0 Å². The molecule has 1 aromatic carbocycles. The summed E-state index contributed by atoms with van der Waals surface area (Å²) in [6.45, 7) is 2.41. The predicted molar refractivity (Wildman–Crippen MR) is 92.6 cm³/mol. The third-order valence-corrected chi connectivity index (χ3v) is 6.76. The first kappa shape index (κ1) is 15.9. The third-order valence-electron chi connectivity index (χ3n) is 6.76. The molecule has 0 spiro atoms. The van der Waals surface area contributed by atoms with Gasteiger partial charge in [0.1, 0.15) is 5.60 Å². The van der Waals surface area contributed by atoms with Gasteiger partial charge in [0.15, 0.2) is 0 Å². The number of nitrogens with zero attached hydrogens (tertiary/aromatic N) is 1. The van der Waals surface area contributed by atoms with E-state index in [1.54, 1.807) is 24.3 Å². The Morgan fingerprint density at radius 1 is 1.15 bits per heavy atom. The molecule has 26 heavy (non-hydrogen) atoms. The van der Waals surface area contributed by atoms with Crippen LogP contribution < -0.4 is 5.32 Å². The number of benzene rings is 1. The molecule has 3 unspecified atom stereocenters. The SMILES string of the molecule is CCNC(=O)O[C@@]12CC3CC(C1)[C@H](N1C(=O)c4ccccc4C1=O)C3C2. The number of ether oxygens (including phenoxy) is 1. The van der Waals surface area contributed by atoms with E-state index in [0.717, 1.165) is 25.7 Å². The van der Waals surface area contributed by atoms with Gasteiger partial charge in [-0.25, -0.2) is 4.79 Å². The Morgan fingerprint density at radius 3 is 2.42 bits per heavy atom. The lowest BCUT2D eigenvalue weighted by Gasteiger charge is -2.43. The summed E-state index contributed by atoms with van der Waals surface area (Å²) < 4.78 is 5.80. The number of nitrogens with one attached hydrogen (secondary N) is 1. The molecule has 4 saturated carbocycles. The second kappa shape index (κ2) is 5.32. The molecular weight excluding hydrogens is 332 g/mol. The maximum atomic E-state index is 12.9. The van der Waals surface area contributed by atoms with Crippen LogP contribution in [0.4, 0.5) is 4.79 Å². The second-order valence-corrected chi connectivity index (χ2v) is 8.15. The Bertz CT molecular complexity index is 783. The summed E-state index contributed by atoms with van der Waals surface area (Å²) in [6.07, 6.45) is 3.01. The Kier molecular flexibility index (Phi) is 3.24. The summed E-state index contributed by atoms with van der Waals surface area (Å²) >= 11 is 0. The number of carbonyl (C=O) groups is 3. The van der Waals surface area contributed by atoms with Gasteiger partial charge in [0.05, 0.1) is 11.1 Å². The number of hydrogen-bond donors (Lipinski definition) is 1. The Morgan fingerprint density at radius 2 is 1.81 bits per heavy atom. The van der Waals surface area contributed by atoms with E-state index in [1.807, 2.05) is 6.92 Å². The van der Waals surface area contributed by atoms with Gasteiger partial charge in [-0.05, 0) is 62.5 Å². The quantitative estimate of drug-likeness (QED) is 0.847. The molecular formula is C20H22N2O4. The largest absolute Gasteiger partial charge is 0.443 e. The fourth-order valence-corrected chi connectivity index (χ4v) is 6.08. The van der Waals surface area contributed by atoms with Crippen LogP contribution in [-0.2, 0) is 4.74 Å². The Balaban J connectivity index is 1.41. The standard InChI is InChI=1S/C20H22N2O4/c1-2-21-19(25)26-20-8-11-7-12(9-20)16(15(11)10-20)22-17(23)13-5-3-4-6-14(13)18(22)24/h3-6,11-12,15-16H,2,7-10H2,1H3,(H,21,25)/t11?,12?,15?,16-,20-/m0/s1. The van der Waals surface area contributed by atoms with Crippen molar-refractivity contribution < 1.29 is 19.1 Å². The predicted octanol–water partition coefficient (Wildman–Crippen LogP) is 2.59. The highest BCUT2D eigenvalue weighted by Gasteiger charge is 2.65. The number of rotatable bonds is 3. The topological polar surface area (TPSA) is 75.7 Å². The highest BCUT2D eigenvalue weighted by molar-refractivity contribution is 6.21. The first-order valence-electron chi connectivity index (χ1n) is 9.47. The summed E-state index contributed by atoms with van der Waals surface area (Å²) in [7, 11) is 0. The van der Waals surface area contributed by atoms with Gasteiger partial charge in [-0.3, -0.25) is 14.5 Å². The maximum absolute atomic E-state index is 12.9. The number of alkyl carbamates (subject to hydrolysis) is 1. The van der Waals surface area contributed by atoms with Crippen molar-refractivity contribution in [1.29, 1.82) is 0 Å². The molecule has 3 amide bonds. The third kappa shape index (κ3) is 2.01. The van der Waals surface area contributed by atoms with Crippen LogP contribution in [0.3, 0.4) is 0 Å². The second-order valence-electron chi connectivity index (χ2n) is 8.15. The lowest BCUT2D eigenvalue weighted by Crippen LogP contribution is -2.52. The van der Waals surface area contributed by atoms with Gasteiger partial charge in [0, 0.05) is 12.6 Å². The minimum absolute atomic E-state index is 0.0548. The number of amides is 3. The fourth-order valence-electron chi connectivity index (χ4n) is 6.08. The van der Waals surface area contributed by atoms with Gasteiger partial charge in [-0.1, -0.05) is 12.1 Å². The molecule has 4 fully saturated rings. The van der Waals surface area contributed by atoms with Crippen LogP contribution in [0.15, 0.2) is 24.3 Å². The molecule has 1 heterocycles. The van der Waals surface area contributed by atoms with Crippen LogP contribution in [0.25, 0.3) is 0 Å². The van der Waals surface area contributed by atoms with E-state index in [-0.39, 0.29) is 35.8 Å². The lowest BCUT2D eigenvalue weighted by atomic mass is 9.75. The van der Waals surface area contributed by atoms with Crippen molar-refractivity contribution in [3.05, 3.63) is 35.4 Å². The average molecular weight is 354 g/mol. The molecule has 4 aliphatic carbocycles. The van der Waals surface area contributed by atoms with Crippen LogP contribution in [-0.4, -0.2) is 41.0 Å². The van der Waals surface area contributed by atoms with Gasteiger partial charge in [0.2, 0.25) is 0 Å². The zero-order chi connectivity index (χ0) is 18.1. The lowest BCUT2D eigenvalue weighted by molar-refractivity contribution is -0.0439. The van der Waals surface area contributed by atoms with Gasteiger partial charge < -0.3 is 10.1 Å². The van der Waals surface area contributed by atoms with Gasteiger partial charge >= 0.3 is 6.09 Å². The van der Waals surface area contributed by atoms with Gasteiger partial charge in [-0.15, -0.1) is 0 Å². The zero-order valence-corrected chi connectivity index (χ0v) is 14.7. The summed E-state index contributed by atoms with van der Waals surface area (Å²) in [6, 6.07) is 7.02. The van der Waals surface area contributed by atoms with Crippen LogP contribution in [0.5, 0.6) is 0 Å². The monoisotopic (exact) mass is 354 g/mol. The van der Waals surface area contributed by atoms with Crippen LogP contribution in [0.1, 0.15) is 53.3 Å². The molecule has 0 saturated heterocycles. The fraction of sp³-hybridized carbons (Fsp3) is 0.550. The molecule has 1 aliphatic heterocycles. The van der Waals surface area contributed by atoms with E-state index < -0.39 is 5.60 Å². The highest BCUT2D eigenvalue weighted by atomic mass is 16.6. The van der Waals surface area contributed by atoms with Crippen molar-refractivity contribution in [2.75, 3.05) is 6.54 Å². The van der Waals surface area contributed by atoms with Crippen molar-refractivity contribution in [2.45, 2.75) is 44.2 Å². The smallest absolute Gasteiger partial charge is 0.407 e. The minimum atomic E-state index is -0.410. The molecule has 5 aliphatic rings. The molecule has 1 N–H and O–H groups in total. The Labute approximate surface area is 151 Å². The normalized spacial score (nSPS) is 36.6. The first-order chi connectivity index (χ1) is 12.5. The molecule has 4 bridgehead atoms. The van der Waals surface area contributed by atoms with E-state index >= 15 is 0 Å². The number of hydrogen-bond acceptors (Lipinski definition) is 4. The molecule has 0 radical (unpaired) electrons. The molecule has 6 heteroatoms. The summed E-state index contributed by atoms with van der Waals surface area (Å²) in [5, 5.41) is 2.71. The van der Waals surface area contributed by atoms with E-state index in [9.17, 15) is 14.4 Å². The molecule has 0 aromatic heterocycles. The summed E-state index contributed by atoms with van der Waals surface area (Å²) in [5.41, 5.74) is 0.623. The average Bonchev–Trinajstić information content (AvgIpc) is 3.11. The number of fused-ring (bicyclic) bond motifs is 1. The van der Waals surface area contributed by atoms with Crippen molar-refractivity contribution in [1.82, 2.24) is 10.2 Å². The number of carbonyl (C=O) groups excluding carboxylic acids is 3. The molecule has 6 nitrogen and oxygen atoms in total. The van der Waals surface area contributed by atoms with Crippen molar-refractivity contribution >= 4 is 17.9 Å². The van der Waals surface area contributed by atoms with Crippen LogP contribution >= 0.6 is 0 Å². The molecule has 6 rings (SSSR count). The van der Waals surface area contributed by atoms with Crippen LogP contribution in [0, 0.1) is 17.8 Å². The van der Waals surface area contributed by atoms with Crippen LogP contribution in [0.2, 0.25) is 0 Å².